The number of phenolic OH excluding ortho intramolecular Hbond substituents is 1. The standard InChI is InChI=1S/C33H29F4N5O3/c1-2-20-23(35)12-24(36)21-10-19(43)11-22(25(20)21)28-27(37)29-26-30(42-9-4-3-6-18(42)15-44-31(26)38-28)40-32(39-29)45-16-33-7-5-8-41(33)14-17(34)13-33/h1,10-12,17-18,43H,3-9,13-16H2/t17?,18-,33-/m0/s1. The van der Waals surface area contributed by atoms with Gasteiger partial charge in [-0.1, -0.05) is 5.92 Å². The molecule has 4 aromatic rings. The molecule has 2 aromatic carbocycles. The van der Waals surface area contributed by atoms with Crippen molar-refractivity contribution in [3.8, 4) is 41.2 Å². The number of terminal acetylenes is 1. The molecule has 3 atom stereocenters. The molecule has 232 valence electrons. The third-order valence-corrected chi connectivity index (χ3v) is 9.78. The summed E-state index contributed by atoms with van der Waals surface area (Å²) in [4.78, 5) is 17.9. The Morgan fingerprint density at radius 1 is 1.07 bits per heavy atom. The highest BCUT2D eigenvalue weighted by Gasteiger charge is 2.49. The van der Waals surface area contributed by atoms with Crippen LogP contribution in [0.1, 0.15) is 44.1 Å². The number of aromatic nitrogens is 3. The van der Waals surface area contributed by atoms with E-state index in [2.05, 4.69) is 25.7 Å². The molecule has 8 nitrogen and oxygen atoms in total. The number of alkyl halides is 1. The molecule has 0 bridgehead atoms. The Labute approximate surface area is 256 Å². The van der Waals surface area contributed by atoms with E-state index in [-0.39, 0.29) is 69.6 Å². The molecule has 1 unspecified atom stereocenters. The fourth-order valence-corrected chi connectivity index (χ4v) is 7.73. The van der Waals surface area contributed by atoms with E-state index in [1.54, 1.807) is 0 Å². The third-order valence-electron chi connectivity index (χ3n) is 9.78. The number of ether oxygens (including phenoxy) is 2. The molecule has 1 N–H and O–H groups in total. The summed E-state index contributed by atoms with van der Waals surface area (Å²) in [5.41, 5.74) is -1.42. The Balaban J connectivity index is 1.34. The van der Waals surface area contributed by atoms with Crippen molar-refractivity contribution in [3.05, 3.63) is 41.2 Å². The Hall–Kier alpha value is -4.37. The van der Waals surface area contributed by atoms with Gasteiger partial charge in [0.2, 0.25) is 5.88 Å². The lowest BCUT2D eigenvalue weighted by Gasteiger charge is -2.35. The second-order valence-corrected chi connectivity index (χ2v) is 12.4. The average molecular weight is 620 g/mol. The number of hydrogen-bond acceptors (Lipinski definition) is 8. The molecule has 0 radical (unpaired) electrons. The quantitative estimate of drug-likeness (QED) is 0.232. The van der Waals surface area contributed by atoms with Gasteiger partial charge in [-0.15, -0.1) is 6.42 Å². The molecule has 3 fully saturated rings. The number of piperidine rings is 1. The summed E-state index contributed by atoms with van der Waals surface area (Å²) in [5, 5.41) is 10.5. The maximum Gasteiger partial charge on any atom is 0.319 e. The fourth-order valence-electron chi connectivity index (χ4n) is 7.73. The van der Waals surface area contributed by atoms with Gasteiger partial charge in [-0.05, 0) is 50.8 Å². The number of anilines is 1. The summed E-state index contributed by atoms with van der Waals surface area (Å²) >= 11 is 0. The van der Waals surface area contributed by atoms with E-state index >= 15 is 4.39 Å². The molecule has 0 saturated carbocycles. The maximum absolute atomic E-state index is 16.9. The first kappa shape index (κ1) is 28.1. The van der Waals surface area contributed by atoms with Crippen molar-refractivity contribution >= 4 is 27.5 Å². The van der Waals surface area contributed by atoms with Crippen molar-refractivity contribution in [2.75, 3.05) is 37.7 Å². The van der Waals surface area contributed by atoms with Crippen LogP contribution < -0.4 is 14.4 Å². The van der Waals surface area contributed by atoms with Crippen LogP contribution in [-0.4, -0.2) is 75.6 Å². The smallest absolute Gasteiger partial charge is 0.319 e. The number of phenols is 1. The van der Waals surface area contributed by atoms with Gasteiger partial charge in [0.15, 0.2) is 5.82 Å². The largest absolute Gasteiger partial charge is 0.508 e. The Bertz CT molecular complexity index is 1930. The van der Waals surface area contributed by atoms with E-state index in [9.17, 15) is 18.3 Å². The van der Waals surface area contributed by atoms with Gasteiger partial charge in [0, 0.05) is 41.9 Å². The van der Waals surface area contributed by atoms with Gasteiger partial charge in [0.1, 0.15) is 59.2 Å². The zero-order valence-corrected chi connectivity index (χ0v) is 24.3. The van der Waals surface area contributed by atoms with Crippen molar-refractivity contribution < 1.29 is 32.1 Å². The summed E-state index contributed by atoms with van der Waals surface area (Å²) in [6.07, 6.45) is 9.43. The number of aromatic hydroxyl groups is 1. The summed E-state index contributed by atoms with van der Waals surface area (Å²) in [6.45, 7) is 2.18. The summed E-state index contributed by atoms with van der Waals surface area (Å²) in [5.74, 6) is -0.613. The number of benzene rings is 2. The molecule has 0 amide bonds. The second kappa shape index (κ2) is 10.3. The van der Waals surface area contributed by atoms with Crippen molar-refractivity contribution in [1.29, 1.82) is 0 Å². The number of fused-ring (bicyclic) bond motifs is 4. The highest BCUT2D eigenvalue weighted by molar-refractivity contribution is 6.04. The first-order valence-corrected chi connectivity index (χ1v) is 15.2. The van der Waals surface area contributed by atoms with Crippen molar-refractivity contribution in [3.63, 3.8) is 0 Å². The molecule has 3 saturated heterocycles. The van der Waals surface area contributed by atoms with Crippen molar-refractivity contribution in [1.82, 2.24) is 19.9 Å². The van der Waals surface area contributed by atoms with Crippen LogP contribution in [-0.2, 0) is 0 Å². The molecule has 4 aliphatic heterocycles. The van der Waals surface area contributed by atoms with E-state index in [4.69, 9.17) is 20.9 Å². The molecule has 2 aromatic heterocycles. The Kier molecular flexibility index (Phi) is 6.46. The van der Waals surface area contributed by atoms with E-state index in [0.717, 1.165) is 50.8 Å². The first-order valence-electron chi connectivity index (χ1n) is 15.2. The van der Waals surface area contributed by atoms with Gasteiger partial charge in [-0.2, -0.15) is 9.97 Å². The van der Waals surface area contributed by atoms with Crippen molar-refractivity contribution in [2.45, 2.75) is 56.3 Å². The predicted molar refractivity (Wildman–Crippen MR) is 159 cm³/mol. The molecule has 0 aliphatic carbocycles. The van der Waals surface area contributed by atoms with Gasteiger partial charge in [0.25, 0.3) is 0 Å². The lowest BCUT2D eigenvalue weighted by molar-refractivity contribution is 0.107. The zero-order chi connectivity index (χ0) is 31.0. The maximum atomic E-state index is 16.9. The lowest BCUT2D eigenvalue weighted by Crippen LogP contribution is -2.44. The third kappa shape index (κ3) is 4.35. The summed E-state index contributed by atoms with van der Waals surface area (Å²) in [6, 6.07) is 2.75. The van der Waals surface area contributed by atoms with Crippen LogP contribution in [0, 0.1) is 29.8 Å². The monoisotopic (exact) mass is 619 g/mol. The zero-order valence-electron chi connectivity index (χ0n) is 24.3. The van der Waals surface area contributed by atoms with Gasteiger partial charge in [-0.25, -0.2) is 22.5 Å². The number of halogens is 4. The van der Waals surface area contributed by atoms with Gasteiger partial charge < -0.3 is 19.5 Å². The minimum atomic E-state index is -1.01. The average Bonchev–Trinajstić information content (AvgIpc) is 3.50. The summed E-state index contributed by atoms with van der Waals surface area (Å²) in [7, 11) is 0. The number of hydrogen-bond donors (Lipinski definition) is 1. The molecule has 8 rings (SSSR count). The highest BCUT2D eigenvalue weighted by Crippen LogP contribution is 2.45. The Morgan fingerprint density at radius 2 is 1.93 bits per heavy atom. The fraction of sp³-hybridized carbons (Fsp3) is 0.424. The van der Waals surface area contributed by atoms with Crippen LogP contribution in [0.5, 0.6) is 17.6 Å². The molecular weight excluding hydrogens is 590 g/mol. The van der Waals surface area contributed by atoms with E-state index < -0.39 is 34.9 Å². The topological polar surface area (TPSA) is 83.8 Å². The second-order valence-electron chi connectivity index (χ2n) is 12.4. The number of nitrogens with zero attached hydrogens (tertiary/aromatic N) is 5. The molecule has 0 spiro atoms. The minimum Gasteiger partial charge on any atom is -0.508 e. The van der Waals surface area contributed by atoms with Crippen molar-refractivity contribution in [2.24, 2.45) is 0 Å². The van der Waals surface area contributed by atoms with Crippen LogP contribution >= 0.6 is 0 Å². The molecule has 4 aliphatic rings. The van der Waals surface area contributed by atoms with E-state index in [1.165, 1.54) is 0 Å². The van der Waals surface area contributed by atoms with Crippen LogP contribution in [0.4, 0.5) is 23.4 Å². The molecular formula is C33H29F4N5O3. The van der Waals surface area contributed by atoms with E-state index in [0.29, 0.717) is 31.4 Å². The molecule has 12 heteroatoms. The van der Waals surface area contributed by atoms with Gasteiger partial charge in [-0.3, -0.25) is 4.90 Å². The van der Waals surface area contributed by atoms with Gasteiger partial charge >= 0.3 is 6.01 Å². The Morgan fingerprint density at radius 3 is 2.78 bits per heavy atom. The van der Waals surface area contributed by atoms with Gasteiger partial charge in [0.05, 0.1) is 17.1 Å². The minimum absolute atomic E-state index is 0.0459. The molecule has 45 heavy (non-hydrogen) atoms. The van der Waals surface area contributed by atoms with E-state index in [1.807, 2.05) is 0 Å². The number of pyridine rings is 1. The number of rotatable bonds is 4. The van der Waals surface area contributed by atoms with Crippen LogP contribution in [0.3, 0.4) is 0 Å². The normalized spacial score (nSPS) is 24.3. The molecule has 6 heterocycles. The SMILES string of the molecule is C#Cc1c(F)cc(F)c2cc(O)cc(-c3nc4c5c(nc(OC[C@@]67CCCN6CC(F)C7)nc5c3F)N3CCCC[C@H]3CO4)c12. The van der Waals surface area contributed by atoms with Crippen LogP contribution in [0.2, 0.25) is 0 Å². The first-order chi connectivity index (χ1) is 21.8. The van der Waals surface area contributed by atoms with Crippen LogP contribution in [0.15, 0.2) is 18.2 Å². The highest BCUT2D eigenvalue weighted by atomic mass is 19.1. The summed E-state index contributed by atoms with van der Waals surface area (Å²) < 4.78 is 73.5. The predicted octanol–water partition coefficient (Wildman–Crippen LogP) is 5.66. The van der Waals surface area contributed by atoms with Crippen LogP contribution in [0.25, 0.3) is 32.9 Å². The lowest BCUT2D eigenvalue weighted by atomic mass is 9.95.